The van der Waals surface area contributed by atoms with Crippen molar-refractivity contribution in [1.82, 2.24) is 0 Å². The number of nitrogen functional groups attached to an aromatic ring is 1. The van der Waals surface area contributed by atoms with Crippen molar-refractivity contribution in [3.63, 3.8) is 0 Å². The van der Waals surface area contributed by atoms with E-state index in [1.807, 2.05) is 12.1 Å². The van der Waals surface area contributed by atoms with E-state index >= 15 is 0 Å². The first-order valence-corrected chi connectivity index (χ1v) is 4.15. The number of halogens is 1. The normalized spacial score (nSPS) is 10.0. The van der Waals surface area contributed by atoms with Crippen molar-refractivity contribution >= 4 is 17.3 Å². The van der Waals surface area contributed by atoms with Crippen LogP contribution in [0.3, 0.4) is 0 Å². The van der Waals surface area contributed by atoms with E-state index in [9.17, 15) is 0 Å². The smallest absolute Gasteiger partial charge is 0.0429 e. The quantitative estimate of drug-likeness (QED) is 0.677. The molecule has 0 heterocycles. The van der Waals surface area contributed by atoms with Crippen LogP contribution in [0.4, 0.5) is 5.69 Å². The maximum Gasteiger partial charge on any atom is 0.0429 e. The van der Waals surface area contributed by atoms with Gasteiger partial charge in [-0.15, -0.1) is 0 Å². The van der Waals surface area contributed by atoms with Crippen LogP contribution in [0.1, 0.15) is 18.9 Å². The Balaban J connectivity index is 2.89. The molecule has 0 bridgehead atoms. The Kier molecular flexibility index (Phi) is 2.77. The average Bonchev–Trinajstić information content (AvgIpc) is 1.85. The Labute approximate surface area is 72.2 Å². The molecule has 0 amide bonds. The van der Waals surface area contributed by atoms with Crippen molar-refractivity contribution < 1.29 is 0 Å². The van der Waals surface area contributed by atoms with Crippen LogP contribution in [0.5, 0.6) is 0 Å². The molecule has 0 saturated carbocycles. The van der Waals surface area contributed by atoms with E-state index in [1.165, 1.54) is 5.56 Å². The summed E-state index contributed by atoms with van der Waals surface area (Å²) in [5.74, 6) is 0. The summed E-state index contributed by atoms with van der Waals surface area (Å²) >= 11 is 5.81. The predicted molar refractivity (Wildman–Crippen MR) is 49.9 cm³/mol. The fraction of sp³-hybridized carbons (Fsp3) is 0.333. The van der Waals surface area contributed by atoms with Crippen molar-refractivity contribution in [3.05, 3.63) is 28.8 Å². The summed E-state index contributed by atoms with van der Waals surface area (Å²) in [4.78, 5) is 0. The van der Waals surface area contributed by atoms with E-state index in [1.54, 1.807) is 6.07 Å². The lowest BCUT2D eigenvalue weighted by Gasteiger charge is -2.00. The summed E-state index contributed by atoms with van der Waals surface area (Å²) in [6, 6.07) is 5.69. The Morgan fingerprint density at radius 2 is 2.09 bits per heavy atom. The molecular weight excluding hydrogens is 158 g/mol. The van der Waals surface area contributed by atoms with Crippen molar-refractivity contribution in [2.24, 2.45) is 0 Å². The summed E-state index contributed by atoms with van der Waals surface area (Å²) in [6.45, 7) is 2.14. The van der Waals surface area contributed by atoms with Gasteiger partial charge in [0.25, 0.3) is 0 Å². The van der Waals surface area contributed by atoms with Crippen molar-refractivity contribution in [3.8, 4) is 0 Å². The molecule has 1 nitrogen and oxygen atoms in total. The lowest BCUT2D eigenvalue weighted by molar-refractivity contribution is 0.922. The van der Waals surface area contributed by atoms with Crippen LogP contribution >= 0.6 is 11.6 Å². The summed E-state index contributed by atoms with van der Waals surface area (Å²) in [6.07, 6.45) is 2.17. The summed E-state index contributed by atoms with van der Waals surface area (Å²) in [5.41, 5.74) is 7.58. The zero-order chi connectivity index (χ0) is 8.27. The number of benzene rings is 1. The van der Waals surface area contributed by atoms with Gasteiger partial charge in [-0.25, -0.2) is 0 Å². The minimum Gasteiger partial charge on any atom is -0.399 e. The van der Waals surface area contributed by atoms with E-state index in [0.29, 0.717) is 0 Å². The van der Waals surface area contributed by atoms with Gasteiger partial charge in [0.05, 0.1) is 0 Å². The van der Waals surface area contributed by atoms with Gasteiger partial charge >= 0.3 is 0 Å². The summed E-state index contributed by atoms with van der Waals surface area (Å²) in [5, 5.41) is 0.730. The van der Waals surface area contributed by atoms with Gasteiger partial charge in [0.2, 0.25) is 0 Å². The Morgan fingerprint density at radius 1 is 1.36 bits per heavy atom. The fourth-order valence-corrected chi connectivity index (χ4v) is 1.37. The summed E-state index contributed by atoms with van der Waals surface area (Å²) < 4.78 is 0. The highest BCUT2D eigenvalue weighted by atomic mass is 35.5. The van der Waals surface area contributed by atoms with Gasteiger partial charge in [0.1, 0.15) is 0 Å². The van der Waals surface area contributed by atoms with E-state index in [-0.39, 0.29) is 0 Å². The first-order valence-electron chi connectivity index (χ1n) is 3.77. The largest absolute Gasteiger partial charge is 0.399 e. The van der Waals surface area contributed by atoms with E-state index in [0.717, 1.165) is 23.6 Å². The number of anilines is 1. The molecule has 0 spiro atoms. The molecule has 1 aromatic rings. The average molecular weight is 170 g/mol. The standard InChI is InChI=1S/C9H12ClN/c1-2-3-7-4-8(10)6-9(11)5-7/h4-6H,2-3,11H2,1H3. The van der Waals surface area contributed by atoms with E-state index in [2.05, 4.69) is 6.92 Å². The maximum atomic E-state index is 5.81. The second-order valence-electron chi connectivity index (χ2n) is 2.64. The van der Waals surface area contributed by atoms with Crippen LogP contribution in [0.15, 0.2) is 18.2 Å². The Hall–Kier alpha value is -0.690. The molecule has 0 unspecified atom stereocenters. The lowest BCUT2D eigenvalue weighted by Crippen LogP contribution is -1.88. The minimum atomic E-state index is 0.730. The van der Waals surface area contributed by atoms with Gasteiger partial charge in [-0.05, 0) is 30.2 Å². The van der Waals surface area contributed by atoms with Crippen LogP contribution in [0, 0.1) is 0 Å². The number of aryl methyl sites for hydroxylation is 1. The van der Waals surface area contributed by atoms with Crippen LogP contribution < -0.4 is 5.73 Å². The molecule has 2 N–H and O–H groups in total. The highest BCUT2D eigenvalue weighted by molar-refractivity contribution is 6.30. The van der Waals surface area contributed by atoms with E-state index < -0.39 is 0 Å². The van der Waals surface area contributed by atoms with Gasteiger partial charge in [-0.1, -0.05) is 24.9 Å². The van der Waals surface area contributed by atoms with Gasteiger partial charge < -0.3 is 5.73 Å². The predicted octanol–water partition coefficient (Wildman–Crippen LogP) is 2.87. The molecule has 0 radical (unpaired) electrons. The molecule has 0 aliphatic heterocycles. The van der Waals surface area contributed by atoms with Crippen LogP contribution in [0.25, 0.3) is 0 Å². The van der Waals surface area contributed by atoms with Crippen LogP contribution in [0.2, 0.25) is 5.02 Å². The molecule has 0 fully saturated rings. The molecule has 2 heteroatoms. The zero-order valence-electron chi connectivity index (χ0n) is 6.60. The SMILES string of the molecule is CCCc1cc(N)cc(Cl)c1. The number of hydrogen-bond donors (Lipinski definition) is 1. The molecule has 0 aromatic heterocycles. The second-order valence-corrected chi connectivity index (χ2v) is 3.08. The van der Waals surface area contributed by atoms with Crippen molar-refractivity contribution in [2.45, 2.75) is 19.8 Å². The molecule has 0 aliphatic rings. The first-order chi connectivity index (χ1) is 5.22. The monoisotopic (exact) mass is 169 g/mol. The van der Waals surface area contributed by atoms with Gasteiger partial charge in [-0.3, -0.25) is 0 Å². The van der Waals surface area contributed by atoms with Crippen LogP contribution in [-0.2, 0) is 6.42 Å². The van der Waals surface area contributed by atoms with Gasteiger partial charge in [0.15, 0.2) is 0 Å². The number of nitrogens with two attached hydrogens (primary N) is 1. The number of hydrogen-bond acceptors (Lipinski definition) is 1. The minimum absolute atomic E-state index is 0.730. The highest BCUT2D eigenvalue weighted by Gasteiger charge is 1.95. The summed E-state index contributed by atoms with van der Waals surface area (Å²) in [7, 11) is 0. The van der Waals surface area contributed by atoms with Gasteiger partial charge in [0, 0.05) is 10.7 Å². The molecule has 0 saturated heterocycles. The number of rotatable bonds is 2. The highest BCUT2D eigenvalue weighted by Crippen LogP contribution is 2.17. The fourth-order valence-electron chi connectivity index (χ4n) is 1.11. The third-order valence-electron chi connectivity index (χ3n) is 1.52. The molecular formula is C9H12ClN. The third kappa shape index (κ3) is 2.43. The van der Waals surface area contributed by atoms with Crippen LogP contribution in [-0.4, -0.2) is 0 Å². The second kappa shape index (κ2) is 3.63. The molecule has 0 atom stereocenters. The molecule has 0 aliphatic carbocycles. The first kappa shape index (κ1) is 8.41. The van der Waals surface area contributed by atoms with E-state index in [4.69, 9.17) is 17.3 Å². The lowest BCUT2D eigenvalue weighted by atomic mass is 10.1. The Bertz CT molecular complexity index is 225. The van der Waals surface area contributed by atoms with Crippen molar-refractivity contribution in [2.75, 3.05) is 5.73 Å². The van der Waals surface area contributed by atoms with Crippen molar-refractivity contribution in [1.29, 1.82) is 0 Å². The Morgan fingerprint density at radius 3 is 2.64 bits per heavy atom. The maximum absolute atomic E-state index is 5.81. The zero-order valence-corrected chi connectivity index (χ0v) is 7.36. The van der Waals surface area contributed by atoms with Gasteiger partial charge in [-0.2, -0.15) is 0 Å². The molecule has 1 rings (SSSR count). The molecule has 1 aromatic carbocycles. The topological polar surface area (TPSA) is 26.0 Å². The molecule has 60 valence electrons. The molecule has 11 heavy (non-hydrogen) atoms. The third-order valence-corrected chi connectivity index (χ3v) is 1.74.